The molecule has 1 unspecified atom stereocenters. The zero-order chi connectivity index (χ0) is 14.8. The molecule has 2 aromatic rings. The lowest BCUT2D eigenvalue weighted by Gasteiger charge is -2.14. The van der Waals surface area contributed by atoms with Gasteiger partial charge < -0.3 is 10.0 Å². The summed E-state index contributed by atoms with van der Waals surface area (Å²) in [6, 6.07) is 7.35. The fraction of sp³-hybridized carbons (Fsp3) is 0.333. The molecule has 0 radical (unpaired) electrons. The molecular weight excluding hydrogens is 290 g/mol. The van der Waals surface area contributed by atoms with Crippen LogP contribution in [0, 0.1) is 5.92 Å². The van der Waals surface area contributed by atoms with Gasteiger partial charge in [0.05, 0.1) is 22.5 Å². The maximum atomic E-state index is 12.4. The summed E-state index contributed by atoms with van der Waals surface area (Å²) in [6.45, 7) is 1.41. The van der Waals surface area contributed by atoms with E-state index in [9.17, 15) is 4.79 Å². The first kappa shape index (κ1) is 14.1. The van der Waals surface area contributed by atoms with Crippen LogP contribution in [0.1, 0.15) is 16.8 Å². The molecule has 0 spiro atoms. The van der Waals surface area contributed by atoms with Crippen molar-refractivity contribution in [3.8, 4) is 5.69 Å². The summed E-state index contributed by atoms with van der Waals surface area (Å²) >= 11 is 6.13. The summed E-state index contributed by atoms with van der Waals surface area (Å²) < 4.78 is 1.61. The van der Waals surface area contributed by atoms with Crippen molar-refractivity contribution in [3.63, 3.8) is 0 Å². The van der Waals surface area contributed by atoms with E-state index in [1.54, 1.807) is 28.0 Å². The highest BCUT2D eigenvalue weighted by molar-refractivity contribution is 6.32. The average molecular weight is 306 g/mol. The van der Waals surface area contributed by atoms with E-state index in [2.05, 4.69) is 5.10 Å². The highest BCUT2D eigenvalue weighted by Crippen LogP contribution is 2.21. The number of aromatic nitrogens is 2. The average Bonchev–Trinajstić information content (AvgIpc) is 3.16. The van der Waals surface area contributed by atoms with Crippen LogP contribution in [0.5, 0.6) is 0 Å². The molecule has 21 heavy (non-hydrogen) atoms. The van der Waals surface area contributed by atoms with E-state index < -0.39 is 0 Å². The summed E-state index contributed by atoms with van der Waals surface area (Å²) in [4.78, 5) is 14.2. The number of amides is 1. The molecule has 1 saturated heterocycles. The first-order valence-corrected chi connectivity index (χ1v) is 7.26. The van der Waals surface area contributed by atoms with Gasteiger partial charge in [-0.15, -0.1) is 0 Å². The largest absolute Gasteiger partial charge is 0.396 e. The number of carbonyl (C=O) groups is 1. The lowest BCUT2D eigenvalue weighted by Crippen LogP contribution is -2.28. The van der Waals surface area contributed by atoms with Gasteiger partial charge >= 0.3 is 0 Å². The van der Waals surface area contributed by atoms with E-state index in [1.807, 2.05) is 18.2 Å². The predicted molar refractivity (Wildman–Crippen MR) is 79.7 cm³/mol. The molecule has 6 heteroatoms. The van der Waals surface area contributed by atoms with Crippen molar-refractivity contribution < 1.29 is 9.90 Å². The van der Waals surface area contributed by atoms with Crippen molar-refractivity contribution in [2.75, 3.05) is 19.7 Å². The molecule has 1 aliphatic rings. The van der Waals surface area contributed by atoms with E-state index in [-0.39, 0.29) is 18.4 Å². The van der Waals surface area contributed by atoms with Crippen LogP contribution in [0.4, 0.5) is 0 Å². The lowest BCUT2D eigenvalue weighted by molar-refractivity contribution is 0.0782. The van der Waals surface area contributed by atoms with Gasteiger partial charge in [-0.2, -0.15) is 5.10 Å². The molecule has 3 rings (SSSR count). The number of benzene rings is 1. The molecule has 1 aromatic heterocycles. The number of nitrogens with zero attached hydrogens (tertiary/aromatic N) is 3. The van der Waals surface area contributed by atoms with Gasteiger partial charge in [-0.3, -0.25) is 4.79 Å². The first-order valence-electron chi connectivity index (χ1n) is 6.88. The maximum absolute atomic E-state index is 12.4. The molecule has 5 nitrogen and oxygen atoms in total. The number of rotatable bonds is 3. The van der Waals surface area contributed by atoms with Gasteiger partial charge in [-0.1, -0.05) is 23.7 Å². The van der Waals surface area contributed by atoms with E-state index in [4.69, 9.17) is 16.7 Å². The van der Waals surface area contributed by atoms with Crippen molar-refractivity contribution in [1.82, 2.24) is 14.7 Å². The molecular formula is C15H16ClN3O2. The van der Waals surface area contributed by atoms with Gasteiger partial charge in [0, 0.05) is 31.8 Å². The highest BCUT2D eigenvalue weighted by Gasteiger charge is 2.27. The van der Waals surface area contributed by atoms with Gasteiger partial charge in [0.25, 0.3) is 5.91 Å². The standard InChI is InChI=1S/C15H16ClN3O2/c16-13-3-1-2-4-14(13)19-9-12(7-17-19)15(21)18-6-5-11(8-18)10-20/h1-4,7,9,11,20H,5-6,8,10H2. The van der Waals surface area contributed by atoms with E-state index in [1.165, 1.54) is 0 Å². The molecule has 1 fully saturated rings. The Morgan fingerprint density at radius 1 is 1.43 bits per heavy atom. The predicted octanol–water partition coefficient (Wildman–Crippen LogP) is 1.98. The van der Waals surface area contributed by atoms with Gasteiger partial charge in [0.1, 0.15) is 0 Å². The number of aliphatic hydroxyl groups is 1. The van der Waals surface area contributed by atoms with Crippen molar-refractivity contribution in [1.29, 1.82) is 0 Å². The summed E-state index contributed by atoms with van der Waals surface area (Å²) in [7, 11) is 0. The number of likely N-dealkylation sites (tertiary alicyclic amines) is 1. The molecule has 1 aliphatic heterocycles. The van der Waals surface area contributed by atoms with Crippen LogP contribution in [-0.2, 0) is 0 Å². The Hall–Kier alpha value is -1.85. The van der Waals surface area contributed by atoms with Crippen molar-refractivity contribution >= 4 is 17.5 Å². The number of para-hydroxylation sites is 1. The molecule has 1 atom stereocenters. The zero-order valence-corrected chi connectivity index (χ0v) is 12.2. The monoisotopic (exact) mass is 305 g/mol. The summed E-state index contributed by atoms with van der Waals surface area (Å²) in [5, 5.41) is 13.9. The molecule has 1 N–H and O–H groups in total. The Bertz CT molecular complexity index is 656. The SMILES string of the molecule is O=C(c1cnn(-c2ccccc2Cl)c1)N1CCC(CO)C1. The second kappa shape index (κ2) is 5.87. The third-order valence-electron chi connectivity index (χ3n) is 3.76. The molecule has 1 amide bonds. The third kappa shape index (κ3) is 2.80. The minimum atomic E-state index is -0.0516. The van der Waals surface area contributed by atoms with Crippen molar-refractivity contribution in [2.45, 2.75) is 6.42 Å². The van der Waals surface area contributed by atoms with Crippen LogP contribution in [0.2, 0.25) is 5.02 Å². The molecule has 2 heterocycles. The smallest absolute Gasteiger partial charge is 0.257 e. The Labute approximate surface area is 127 Å². The minimum Gasteiger partial charge on any atom is -0.396 e. The molecule has 0 saturated carbocycles. The topological polar surface area (TPSA) is 58.4 Å². The van der Waals surface area contributed by atoms with Crippen LogP contribution in [0.25, 0.3) is 5.69 Å². The van der Waals surface area contributed by atoms with E-state index in [0.717, 1.165) is 12.1 Å². The van der Waals surface area contributed by atoms with Crippen LogP contribution in [0.15, 0.2) is 36.7 Å². The van der Waals surface area contributed by atoms with Crippen LogP contribution >= 0.6 is 11.6 Å². The first-order chi connectivity index (χ1) is 10.2. The Balaban J connectivity index is 1.79. The second-order valence-corrected chi connectivity index (χ2v) is 5.62. The second-order valence-electron chi connectivity index (χ2n) is 5.21. The normalized spacial score (nSPS) is 18.2. The van der Waals surface area contributed by atoms with Crippen LogP contribution in [0.3, 0.4) is 0 Å². The van der Waals surface area contributed by atoms with E-state index >= 15 is 0 Å². The third-order valence-corrected chi connectivity index (χ3v) is 4.08. The van der Waals surface area contributed by atoms with Gasteiger partial charge in [0.15, 0.2) is 0 Å². The highest BCUT2D eigenvalue weighted by atomic mass is 35.5. The van der Waals surface area contributed by atoms with Crippen molar-refractivity contribution in [3.05, 3.63) is 47.2 Å². The van der Waals surface area contributed by atoms with Crippen LogP contribution < -0.4 is 0 Å². The fourth-order valence-corrected chi connectivity index (χ4v) is 2.77. The van der Waals surface area contributed by atoms with Gasteiger partial charge in [-0.25, -0.2) is 4.68 Å². The summed E-state index contributed by atoms with van der Waals surface area (Å²) in [5.41, 5.74) is 1.28. The maximum Gasteiger partial charge on any atom is 0.257 e. The molecule has 0 aliphatic carbocycles. The van der Waals surface area contributed by atoms with Crippen molar-refractivity contribution in [2.24, 2.45) is 5.92 Å². The lowest BCUT2D eigenvalue weighted by atomic mass is 10.1. The Morgan fingerprint density at radius 2 is 2.24 bits per heavy atom. The Morgan fingerprint density at radius 3 is 2.95 bits per heavy atom. The minimum absolute atomic E-state index is 0.0516. The number of hydrogen-bond donors (Lipinski definition) is 1. The number of halogens is 1. The summed E-state index contributed by atoms with van der Waals surface area (Å²) in [5.74, 6) is 0.136. The fourth-order valence-electron chi connectivity index (χ4n) is 2.55. The number of aliphatic hydroxyl groups excluding tert-OH is 1. The number of carbonyl (C=O) groups excluding carboxylic acids is 1. The van der Waals surface area contributed by atoms with Gasteiger partial charge in [0.2, 0.25) is 0 Å². The molecule has 0 bridgehead atoms. The van der Waals surface area contributed by atoms with Gasteiger partial charge in [-0.05, 0) is 18.6 Å². The quantitative estimate of drug-likeness (QED) is 0.943. The van der Waals surface area contributed by atoms with E-state index in [0.29, 0.717) is 23.7 Å². The van der Waals surface area contributed by atoms with Crippen LogP contribution in [-0.4, -0.2) is 45.4 Å². The summed E-state index contributed by atoms with van der Waals surface area (Å²) in [6.07, 6.45) is 4.09. The number of hydrogen-bond acceptors (Lipinski definition) is 3. The zero-order valence-electron chi connectivity index (χ0n) is 11.4. The molecule has 1 aromatic carbocycles. The Kier molecular flexibility index (Phi) is 3.94. The molecule has 110 valence electrons.